The second kappa shape index (κ2) is 7.79. The molecule has 2 aromatic carbocycles. The molecule has 0 aliphatic heterocycles. The average molecular weight is 402 g/mol. The van der Waals surface area contributed by atoms with Crippen LogP contribution in [-0.2, 0) is 0 Å². The third-order valence-corrected chi connectivity index (χ3v) is 4.73. The van der Waals surface area contributed by atoms with E-state index in [1.54, 1.807) is 28.9 Å². The van der Waals surface area contributed by atoms with Crippen molar-refractivity contribution in [2.45, 2.75) is 13.8 Å². The summed E-state index contributed by atoms with van der Waals surface area (Å²) in [6.07, 6.45) is 1.52. The normalized spacial score (nSPS) is 10.8. The minimum absolute atomic E-state index is 0.0505. The van der Waals surface area contributed by atoms with Gasteiger partial charge in [0.25, 0.3) is 0 Å². The molecule has 0 aliphatic rings. The van der Waals surface area contributed by atoms with E-state index in [0.29, 0.717) is 11.5 Å². The van der Waals surface area contributed by atoms with Gasteiger partial charge in [0.2, 0.25) is 0 Å². The van der Waals surface area contributed by atoms with Crippen molar-refractivity contribution in [1.82, 2.24) is 14.8 Å². The number of rotatable bonds is 5. The Morgan fingerprint density at radius 3 is 2.57 bits per heavy atom. The molecule has 0 aliphatic carbocycles. The van der Waals surface area contributed by atoms with E-state index in [9.17, 15) is 14.3 Å². The Kier molecular flexibility index (Phi) is 5.02. The summed E-state index contributed by atoms with van der Waals surface area (Å²) in [5, 5.41) is 17.3. The number of nitrogens with one attached hydrogen (secondary N) is 1. The van der Waals surface area contributed by atoms with Crippen LogP contribution in [0, 0.1) is 19.7 Å². The lowest BCUT2D eigenvalue weighted by atomic mass is 10.1. The summed E-state index contributed by atoms with van der Waals surface area (Å²) in [4.78, 5) is 15.8. The Labute approximate surface area is 172 Å². The first-order chi connectivity index (χ1) is 14.4. The number of aryl methyl sites for hydroxylation is 2. The van der Waals surface area contributed by atoms with Gasteiger partial charge in [-0.05, 0) is 67.4 Å². The van der Waals surface area contributed by atoms with E-state index in [0.717, 1.165) is 22.4 Å². The highest BCUT2D eigenvalue weighted by atomic mass is 19.1. The number of aromatic carboxylic acids is 1. The number of benzene rings is 2. The van der Waals surface area contributed by atoms with Crippen molar-refractivity contribution >= 4 is 17.6 Å². The maximum atomic E-state index is 13.4. The standard InChI is InChI=1S/C23H19FN4O2/c1-14-5-6-15(2)20(12-14)28-21(26-22-18(23(29)30)4-3-11-25-22)13-19(27-28)16-7-9-17(24)10-8-16/h3-13H,1-2H3,(H,25,26)(H,29,30). The van der Waals surface area contributed by atoms with Gasteiger partial charge in [0.05, 0.1) is 11.4 Å². The first-order valence-corrected chi connectivity index (χ1v) is 9.31. The van der Waals surface area contributed by atoms with E-state index in [-0.39, 0.29) is 17.2 Å². The molecule has 6 nitrogen and oxygen atoms in total. The molecule has 30 heavy (non-hydrogen) atoms. The second-order valence-corrected chi connectivity index (χ2v) is 6.95. The Hall–Kier alpha value is -4.00. The largest absolute Gasteiger partial charge is 0.478 e. The molecule has 150 valence electrons. The fourth-order valence-electron chi connectivity index (χ4n) is 3.16. The SMILES string of the molecule is Cc1ccc(C)c(-n2nc(-c3ccc(F)cc3)cc2Nc2ncccc2C(=O)O)c1. The van der Waals surface area contributed by atoms with Crippen molar-refractivity contribution < 1.29 is 14.3 Å². The zero-order valence-electron chi connectivity index (χ0n) is 16.4. The van der Waals surface area contributed by atoms with Crippen LogP contribution in [-0.4, -0.2) is 25.8 Å². The van der Waals surface area contributed by atoms with Gasteiger partial charge in [0, 0.05) is 17.8 Å². The molecule has 0 radical (unpaired) electrons. The average Bonchev–Trinajstić information content (AvgIpc) is 3.14. The van der Waals surface area contributed by atoms with Crippen LogP contribution in [0.1, 0.15) is 21.5 Å². The van der Waals surface area contributed by atoms with E-state index in [1.807, 2.05) is 32.0 Å². The maximum absolute atomic E-state index is 13.4. The summed E-state index contributed by atoms with van der Waals surface area (Å²) in [5.41, 5.74) is 4.31. The number of hydrogen-bond acceptors (Lipinski definition) is 4. The van der Waals surface area contributed by atoms with Crippen molar-refractivity contribution in [3.05, 3.63) is 89.4 Å². The number of carboxylic acids is 1. The highest BCUT2D eigenvalue weighted by Gasteiger charge is 2.17. The molecule has 4 aromatic rings. The number of pyridine rings is 1. The summed E-state index contributed by atoms with van der Waals surface area (Å²) in [5.74, 6) is -0.654. The molecule has 0 amide bonds. The van der Waals surface area contributed by atoms with Gasteiger partial charge in [0.1, 0.15) is 23.0 Å². The van der Waals surface area contributed by atoms with Gasteiger partial charge < -0.3 is 10.4 Å². The molecule has 0 fully saturated rings. The molecular weight excluding hydrogens is 383 g/mol. The number of aromatic nitrogens is 3. The highest BCUT2D eigenvalue weighted by molar-refractivity contribution is 5.93. The molecule has 0 bridgehead atoms. The van der Waals surface area contributed by atoms with Crippen molar-refractivity contribution in [1.29, 1.82) is 0 Å². The summed E-state index contributed by atoms with van der Waals surface area (Å²) >= 11 is 0. The van der Waals surface area contributed by atoms with Crippen LogP contribution in [0.3, 0.4) is 0 Å². The quantitative estimate of drug-likeness (QED) is 0.484. The highest BCUT2D eigenvalue weighted by Crippen LogP contribution is 2.29. The smallest absolute Gasteiger partial charge is 0.339 e. The maximum Gasteiger partial charge on any atom is 0.339 e. The van der Waals surface area contributed by atoms with Crippen LogP contribution in [0.4, 0.5) is 16.0 Å². The lowest BCUT2D eigenvalue weighted by Gasteiger charge is -2.13. The third-order valence-electron chi connectivity index (χ3n) is 4.73. The minimum Gasteiger partial charge on any atom is -0.478 e. The van der Waals surface area contributed by atoms with E-state index >= 15 is 0 Å². The first-order valence-electron chi connectivity index (χ1n) is 9.31. The minimum atomic E-state index is -1.08. The Morgan fingerprint density at radius 2 is 1.83 bits per heavy atom. The van der Waals surface area contributed by atoms with E-state index in [4.69, 9.17) is 5.10 Å². The molecule has 0 spiro atoms. The summed E-state index contributed by atoms with van der Waals surface area (Å²) in [6.45, 7) is 3.96. The number of carbonyl (C=O) groups is 1. The molecule has 0 atom stereocenters. The van der Waals surface area contributed by atoms with Gasteiger partial charge in [-0.15, -0.1) is 0 Å². The van der Waals surface area contributed by atoms with Crippen molar-refractivity contribution in [3.63, 3.8) is 0 Å². The van der Waals surface area contributed by atoms with Crippen LogP contribution in [0.15, 0.2) is 66.9 Å². The molecule has 0 saturated carbocycles. The lowest BCUT2D eigenvalue weighted by Crippen LogP contribution is -2.08. The van der Waals surface area contributed by atoms with Gasteiger partial charge >= 0.3 is 5.97 Å². The predicted molar refractivity (Wildman–Crippen MR) is 113 cm³/mol. The van der Waals surface area contributed by atoms with E-state index in [1.165, 1.54) is 24.4 Å². The van der Waals surface area contributed by atoms with Crippen LogP contribution in [0.25, 0.3) is 16.9 Å². The third kappa shape index (κ3) is 3.77. The fraction of sp³-hybridized carbons (Fsp3) is 0.0870. The van der Waals surface area contributed by atoms with Gasteiger partial charge in [0.15, 0.2) is 0 Å². The molecule has 2 heterocycles. The monoisotopic (exact) mass is 402 g/mol. The van der Waals surface area contributed by atoms with Crippen LogP contribution >= 0.6 is 0 Å². The molecule has 0 unspecified atom stereocenters. The topological polar surface area (TPSA) is 80.0 Å². The molecule has 0 saturated heterocycles. The summed E-state index contributed by atoms with van der Waals surface area (Å²) in [6, 6.07) is 16.9. The zero-order valence-corrected chi connectivity index (χ0v) is 16.4. The van der Waals surface area contributed by atoms with Crippen molar-refractivity contribution in [2.24, 2.45) is 0 Å². The zero-order chi connectivity index (χ0) is 21.3. The molecule has 4 rings (SSSR count). The second-order valence-electron chi connectivity index (χ2n) is 6.95. The molecule has 7 heteroatoms. The van der Waals surface area contributed by atoms with Crippen LogP contribution in [0.2, 0.25) is 0 Å². The fourth-order valence-corrected chi connectivity index (χ4v) is 3.16. The number of hydrogen-bond donors (Lipinski definition) is 2. The molecular formula is C23H19FN4O2. The predicted octanol–water partition coefficient (Wildman–Crippen LogP) is 5.13. The van der Waals surface area contributed by atoms with Crippen molar-refractivity contribution in [3.8, 4) is 16.9 Å². The summed E-state index contributed by atoms with van der Waals surface area (Å²) in [7, 11) is 0. The van der Waals surface area contributed by atoms with Gasteiger partial charge in [-0.2, -0.15) is 5.10 Å². The first kappa shape index (κ1) is 19.3. The number of carboxylic acid groups (broad SMARTS) is 1. The Bertz CT molecular complexity index is 1230. The van der Waals surface area contributed by atoms with Gasteiger partial charge in [-0.25, -0.2) is 18.9 Å². The van der Waals surface area contributed by atoms with Gasteiger partial charge in [-0.1, -0.05) is 12.1 Å². The molecule has 2 aromatic heterocycles. The van der Waals surface area contributed by atoms with Gasteiger partial charge in [-0.3, -0.25) is 0 Å². The molecule has 2 N–H and O–H groups in total. The Balaban J connectivity index is 1.87. The van der Waals surface area contributed by atoms with Crippen LogP contribution in [0.5, 0.6) is 0 Å². The summed E-state index contributed by atoms with van der Waals surface area (Å²) < 4.78 is 15.1. The Morgan fingerprint density at radius 1 is 1.07 bits per heavy atom. The lowest BCUT2D eigenvalue weighted by molar-refractivity contribution is 0.0697. The van der Waals surface area contributed by atoms with Crippen LogP contribution < -0.4 is 5.32 Å². The van der Waals surface area contributed by atoms with E-state index in [2.05, 4.69) is 10.3 Å². The number of nitrogens with zero attached hydrogens (tertiary/aromatic N) is 3. The number of anilines is 2. The number of halogens is 1. The van der Waals surface area contributed by atoms with E-state index < -0.39 is 5.97 Å². The van der Waals surface area contributed by atoms with Crippen molar-refractivity contribution in [2.75, 3.05) is 5.32 Å².